The number of allylic oxidation sites excluding steroid dienone is 1. The summed E-state index contributed by atoms with van der Waals surface area (Å²) < 4.78 is 0.945. The highest BCUT2D eigenvalue weighted by Crippen LogP contribution is 2.25. The van der Waals surface area contributed by atoms with Crippen LogP contribution in [0.2, 0.25) is 0 Å². The molecule has 4 nitrogen and oxygen atoms in total. The van der Waals surface area contributed by atoms with E-state index >= 15 is 0 Å². The average Bonchev–Trinajstić information content (AvgIpc) is 2.80. The Morgan fingerprint density at radius 3 is 2.88 bits per heavy atom. The van der Waals surface area contributed by atoms with Gasteiger partial charge >= 0.3 is 0 Å². The maximum Gasteiger partial charge on any atom is 0.188 e. The highest BCUT2D eigenvalue weighted by atomic mass is 79.9. The predicted molar refractivity (Wildman–Crippen MR) is 75.2 cm³/mol. The van der Waals surface area contributed by atoms with Gasteiger partial charge in [0.1, 0.15) is 5.82 Å². The van der Waals surface area contributed by atoms with Crippen LogP contribution >= 0.6 is 27.3 Å². The van der Waals surface area contributed by atoms with Crippen LogP contribution < -0.4 is 11.1 Å². The van der Waals surface area contributed by atoms with E-state index in [1.807, 2.05) is 25.1 Å². The molecule has 0 aliphatic heterocycles. The molecule has 0 amide bonds. The van der Waals surface area contributed by atoms with E-state index < -0.39 is 0 Å². The van der Waals surface area contributed by atoms with Crippen LogP contribution in [0.5, 0.6) is 0 Å². The minimum Gasteiger partial charge on any atom is -0.398 e. The van der Waals surface area contributed by atoms with Gasteiger partial charge in [-0.25, -0.2) is 9.97 Å². The maximum absolute atomic E-state index is 5.80. The van der Waals surface area contributed by atoms with Gasteiger partial charge in [-0.2, -0.15) is 0 Å². The van der Waals surface area contributed by atoms with Gasteiger partial charge in [-0.3, -0.25) is 0 Å². The fourth-order valence-electron chi connectivity index (χ4n) is 1.17. The molecule has 0 radical (unpaired) electrons. The summed E-state index contributed by atoms with van der Waals surface area (Å²) in [6.45, 7) is 1.90. The van der Waals surface area contributed by atoms with Crippen LogP contribution in [0.4, 0.5) is 10.9 Å². The first kappa shape index (κ1) is 12.1. The standard InChI is InChI=1S/C11H11BrN4S/c1-2-8(13)9-6-15-11(17-9)16-10-4-3-7(12)5-14-10/h2-6H,13H2,1H3,(H,14,15,16)/b8-2-. The lowest BCUT2D eigenvalue weighted by Gasteiger charge is -2.00. The summed E-state index contributed by atoms with van der Waals surface area (Å²) in [6.07, 6.45) is 5.34. The molecule has 0 aromatic carbocycles. The summed E-state index contributed by atoms with van der Waals surface area (Å²) in [7, 11) is 0. The molecule has 0 saturated carbocycles. The van der Waals surface area contributed by atoms with Crippen molar-refractivity contribution in [1.82, 2.24) is 9.97 Å². The Hall–Kier alpha value is -1.40. The van der Waals surface area contributed by atoms with Crippen molar-refractivity contribution in [3.63, 3.8) is 0 Å². The second-order valence-corrected chi connectivity index (χ2v) is 5.21. The highest BCUT2D eigenvalue weighted by Gasteiger charge is 2.04. The molecule has 0 atom stereocenters. The third kappa shape index (κ3) is 3.04. The number of halogens is 1. The predicted octanol–water partition coefficient (Wildman–Crippen LogP) is 3.36. The lowest BCUT2D eigenvalue weighted by molar-refractivity contribution is 1.27. The summed E-state index contributed by atoms with van der Waals surface area (Å²) >= 11 is 4.83. The van der Waals surface area contributed by atoms with Crippen molar-refractivity contribution >= 4 is 43.9 Å². The van der Waals surface area contributed by atoms with Gasteiger partial charge in [0.2, 0.25) is 0 Å². The molecular formula is C11H11BrN4S. The minimum absolute atomic E-state index is 0.735. The summed E-state index contributed by atoms with van der Waals surface area (Å²) in [6, 6.07) is 3.80. The number of hydrogen-bond donors (Lipinski definition) is 2. The van der Waals surface area contributed by atoms with Gasteiger partial charge in [0.05, 0.1) is 4.88 Å². The van der Waals surface area contributed by atoms with E-state index in [2.05, 4.69) is 31.2 Å². The monoisotopic (exact) mass is 310 g/mol. The van der Waals surface area contributed by atoms with Gasteiger partial charge in [-0.1, -0.05) is 17.4 Å². The Kier molecular flexibility index (Phi) is 3.75. The molecule has 2 rings (SSSR count). The first-order valence-electron chi connectivity index (χ1n) is 4.95. The fourth-order valence-corrected chi connectivity index (χ4v) is 2.21. The van der Waals surface area contributed by atoms with Gasteiger partial charge in [0.15, 0.2) is 5.13 Å². The number of nitrogens with zero attached hydrogens (tertiary/aromatic N) is 2. The maximum atomic E-state index is 5.80. The van der Waals surface area contributed by atoms with Crippen LogP contribution in [0.1, 0.15) is 11.8 Å². The zero-order valence-corrected chi connectivity index (χ0v) is 11.5. The summed E-state index contributed by atoms with van der Waals surface area (Å²) in [4.78, 5) is 9.40. The van der Waals surface area contributed by atoms with E-state index in [0.29, 0.717) is 0 Å². The lowest BCUT2D eigenvalue weighted by atomic mass is 10.4. The first-order chi connectivity index (χ1) is 8.19. The zero-order valence-electron chi connectivity index (χ0n) is 9.14. The van der Waals surface area contributed by atoms with Crippen LogP contribution in [0.15, 0.2) is 35.1 Å². The normalized spacial score (nSPS) is 11.5. The van der Waals surface area contributed by atoms with Crippen molar-refractivity contribution in [3.05, 3.63) is 40.0 Å². The molecule has 0 aliphatic carbocycles. The van der Waals surface area contributed by atoms with Crippen LogP contribution in [-0.2, 0) is 0 Å². The first-order valence-corrected chi connectivity index (χ1v) is 6.56. The highest BCUT2D eigenvalue weighted by molar-refractivity contribution is 9.10. The second-order valence-electron chi connectivity index (χ2n) is 3.26. The van der Waals surface area contributed by atoms with Crippen molar-refractivity contribution in [2.24, 2.45) is 5.73 Å². The summed E-state index contributed by atoms with van der Waals surface area (Å²) in [5.41, 5.74) is 6.54. The molecule has 0 saturated heterocycles. The van der Waals surface area contributed by atoms with Crippen molar-refractivity contribution in [1.29, 1.82) is 0 Å². The molecule has 2 aromatic rings. The van der Waals surface area contributed by atoms with Gasteiger partial charge in [-0.15, -0.1) is 0 Å². The number of thiazole rings is 1. The van der Waals surface area contributed by atoms with Crippen LogP contribution in [0.25, 0.3) is 5.70 Å². The molecule has 0 fully saturated rings. The fraction of sp³-hybridized carbons (Fsp3) is 0.0909. The number of aromatic nitrogens is 2. The summed E-state index contributed by atoms with van der Waals surface area (Å²) in [5, 5.41) is 3.90. The van der Waals surface area contributed by atoms with E-state index in [1.54, 1.807) is 12.4 Å². The Morgan fingerprint density at radius 2 is 2.24 bits per heavy atom. The molecule has 88 valence electrons. The third-order valence-electron chi connectivity index (χ3n) is 2.06. The van der Waals surface area contributed by atoms with Crippen LogP contribution in [-0.4, -0.2) is 9.97 Å². The Labute approximate surface area is 112 Å². The molecule has 6 heteroatoms. The van der Waals surface area contributed by atoms with Crippen molar-refractivity contribution in [3.8, 4) is 0 Å². The van der Waals surface area contributed by atoms with Crippen LogP contribution in [0, 0.1) is 0 Å². The number of hydrogen-bond acceptors (Lipinski definition) is 5. The summed E-state index contributed by atoms with van der Waals surface area (Å²) in [5.74, 6) is 0.758. The topological polar surface area (TPSA) is 63.8 Å². The van der Waals surface area contributed by atoms with Crippen molar-refractivity contribution in [2.75, 3.05) is 5.32 Å². The molecule has 17 heavy (non-hydrogen) atoms. The molecule has 3 N–H and O–H groups in total. The number of pyridine rings is 1. The zero-order chi connectivity index (χ0) is 12.3. The van der Waals surface area contributed by atoms with Crippen molar-refractivity contribution < 1.29 is 0 Å². The molecule has 0 unspecified atom stereocenters. The molecule has 0 aliphatic rings. The van der Waals surface area contributed by atoms with Crippen LogP contribution in [0.3, 0.4) is 0 Å². The smallest absolute Gasteiger partial charge is 0.188 e. The number of nitrogens with two attached hydrogens (primary N) is 1. The van der Waals surface area contributed by atoms with Gasteiger partial charge in [0.25, 0.3) is 0 Å². The Bertz CT molecular complexity index is 533. The van der Waals surface area contributed by atoms with E-state index in [-0.39, 0.29) is 0 Å². The molecule has 2 heterocycles. The lowest BCUT2D eigenvalue weighted by Crippen LogP contribution is -1.92. The second kappa shape index (κ2) is 5.29. The Morgan fingerprint density at radius 1 is 1.41 bits per heavy atom. The van der Waals surface area contributed by atoms with Gasteiger partial charge in [-0.05, 0) is 35.0 Å². The molecule has 0 spiro atoms. The molecule has 2 aromatic heterocycles. The Balaban J connectivity index is 2.14. The van der Waals surface area contributed by atoms with E-state index in [4.69, 9.17) is 5.73 Å². The van der Waals surface area contributed by atoms with Crippen molar-refractivity contribution in [2.45, 2.75) is 6.92 Å². The average molecular weight is 311 g/mol. The van der Waals surface area contributed by atoms with Gasteiger partial charge < -0.3 is 11.1 Å². The van der Waals surface area contributed by atoms with E-state index in [1.165, 1.54) is 11.3 Å². The van der Waals surface area contributed by atoms with Gasteiger partial charge in [0, 0.05) is 22.6 Å². The largest absolute Gasteiger partial charge is 0.398 e. The third-order valence-corrected chi connectivity index (χ3v) is 3.49. The number of rotatable bonds is 3. The SMILES string of the molecule is C/C=C(\N)c1cnc(Nc2ccc(Br)cn2)s1. The molecular weight excluding hydrogens is 300 g/mol. The number of nitrogens with one attached hydrogen (secondary N) is 1. The molecule has 0 bridgehead atoms. The minimum atomic E-state index is 0.735. The number of anilines is 2. The van der Waals surface area contributed by atoms with E-state index in [9.17, 15) is 0 Å². The van der Waals surface area contributed by atoms with E-state index in [0.717, 1.165) is 26.0 Å². The quantitative estimate of drug-likeness (QED) is 0.912.